The molecule has 0 fully saturated rings. The van der Waals surface area contributed by atoms with Crippen LogP contribution in [0, 0.1) is 6.92 Å². The highest BCUT2D eigenvalue weighted by Gasteiger charge is 2.23. The molecule has 1 aromatic carbocycles. The molecule has 0 spiro atoms. The number of phenolic OH excluding ortho intramolecular Hbond substituents is 1. The van der Waals surface area contributed by atoms with E-state index in [4.69, 9.17) is 5.11 Å². The van der Waals surface area contributed by atoms with Crippen molar-refractivity contribution in [1.82, 2.24) is 5.32 Å². The number of carbonyl (C=O) groups is 3. The van der Waals surface area contributed by atoms with Gasteiger partial charge in [0, 0.05) is 17.5 Å². The number of carbonyl (C=O) groups excluding carboxylic acids is 2. The minimum atomic E-state index is -1.25. The highest BCUT2D eigenvalue weighted by Crippen LogP contribution is 2.19. The van der Waals surface area contributed by atoms with Gasteiger partial charge in [0.05, 0.1) is 7.11 Å². The highest BCUT2D eigenvalue weighted by molar-refractivity contribution is 5.98. The van der Waals surface area contributed by atoms with Crippen molar-refractivity contribution in [3.63, 3.8) is 0 Å². The predicted octanol–water partition coefficient (Wildman–Crippen LogP) is 0.837. The Morgan fingerprint density at radius 2 is 2.00 bits per heavy atom. The van der Waals surface area contributed by atoms with Crippen LogP contribution >= 0.6 is 0 Å². The first-order valence-corrected chi connectivity index (χ1v) is 6.26. The molecule has 1 atom stereocenters. The Balaban J connectivity index is 2.79. The van der Waals surface area contributed by atoms with Crippen LogP contribution in [-0.4, -0.2) is 41.2 Å². The molecule has 0 aromatic heterocycles. The van der Waals surface area contributed by atoms with Crippen molar-refractivity contribution in [2.24, 2.45) is 0 Å². The molecule has 0 saturated carbocycles. The summed E-state index contributed by atoms with van der Waals surface area (Å²) in [7, 11) is 1.20. The molecule has 0 radical (unpaired) electrons. The molecule has 21 heavy (non-hydrogen) atoms. The number of nitrogens with one attached hydrogen (secondary N) is 1. The van der Waals surface area contributed by atoms with Gasteiger partial charge in [-0.15, -0.1) is 0 Å². The first kappa shape index (κ1) is 16.5. The fraction of sp³-hybridized carbons (Fsp3) is 0.357. The zero-order valence-corrected chi connectivity index (χ0v) is 11.8. The van der Waals surface area contributed by atoms with Gasteiger partial charge in [-0.3, -0.25) is 9.59 Å². The quantitative estimate of drug-likeness (QED) is 0.670. The minimum absolute atomic E-state index is 0.0518. The number of aliphatic carboxylic acids is 1. The van der Waals surface area contributed by atoms with Crippen LogP contribution in [0.3, 0.4) is 0 Å². The minimum Gasteiger partial charge on any atom is -0.508 e. The molecule has 0 bridgehead atoms. The summed E-state index contributed by atoms with van der Waals surface area (Å²) in [6.07, 6.45) is -0.196. The number of amides is 1. The van der Waals surface area contributed by atoms with Crippen LogP contribution in [0.4, 0.5) is 0 Å². The van der Waals surface area contributed by atoms with Gasteiger partial charge in [0.1, 0.15) is 11.8 Å². The van der Waals surface area contributed by atoms with Gasteiger partial charge in [-0.1, -0.05) is 6.07 Å². The molecule has 0 aliphatic heterocycles. The maximum atomic E-state index is 12.0. The van der Waals surface area contributed by atoms with E-state index < -0.39 is 23.9 Å². The molecule has 3 N–H and O–H groups in total. The van der Waals surface area contributed by atoms with Gasteiger partial charge in [0.2, 0.25) is 0 Å². The number of ether oxygens (including phenoxy) is 1. The molecule has 7 heteroatoms. The van der Waals surface area contributed by atoms with Crippen molar-refractivity contribution in [3.05, 3.63) is 29.3 Å². The predicted molar refractivity (Wildman–Crippen MR) is 73.0 cm³/mol. The van der Waals surface area contributed by atoms with E-state index in [2.05, 4.69) is 10.1 Å². The Kier molecular flexibility index (Phi) is 5.71. The summed E-state index contributed by atoms with van der Waals surface area (Å²) in [5.74, 6) is -2.47. The Morgan fingerprint density at radius 1 is 1.33 bits per heavy atom. The van der Waals surface area contributed by atoms with Gasteiger partial charge >= 0.3 is 11.9 Å². The van der Waals surface area contributed by atoms with E-state index in [1.165, 1.54) is 25.3 Å². The molecular weight excluding hydrogens is 278 g/mol. The number of hydrogen-bond acceptors (Lipinski definition) is 5. The van der Waals surface area contributed by atoms with E-state index in [-0.39, 0.29) is 24.2 Å². The largest absolute Gasteiger partial charge is 0.508 e. The van der Waals surface area contributed by atoms with Crippen LogP contribution in [0.2, 0.25) is 0 Å². The molecule has 0 aliphatic rings. The molecule has 114 valence electrons. The van der Waals surface area contributed by atoms with Crippen molar-refractivity contribution in [3.8, 4) is 5.75 Å². The second-order valence-electron chi connectivity index (χ2n) is 4.43. The highest BCUT2D eigenvalue weighted by atomic mass is 16.5. The van der Waals surface area contributed by atoms with Crippen LogP contribution in [0.5, 0.6) is 5.75 Å². The number of carboxylic acid groups (broad SMARTS) is 1. The van der Waals surface area contributed by atoms with Crippen molar-refractivity contribution < 1.29 is 29.3 Å². The first-order chi connectivity index (χ1) is 9.86. The van der Waals surface area contributed by atoms with Crippen molar-refractivity contribution in [2.75, 3.05) is 7.11 Å². The summed E-state index contributed by atoms with van der Waals surface area (Å²) in [5, 5.41) is 20.9. The average molecular weight is 295 g/mol. The van der Waals surface area contributed by atoms with Crippen molar-refractivity contribution in [1.29, 1.82) is 0 Å². The van der Waals surface area contributed by atoms with Crippen LogP contribution < -0.4 is 5.32 Å². The number of benzene rings is 1. The topological polar surface area (TPSA) is 113 Å². The van der Waals surface area contributed by atoms with E-state index in [1.807, 2.05) is 0 Å². The molecule has 1 aromatic rings. The number of methoxy groups -OCH3 is 1. The maximum absolute atomic E-state index is 12.0. The van der Waals surface area contributed by atoms with Gasteiger partial charge in [-0.25, -0.2) is 4.79 Å². The van der Waals surface area contributed by atoms with E-state index >= 15 is 0 Å². The third-order valence-electron chi connectivity index (χ3n) is 3.02. The molecule has 1 amide bonds. The Morgan fingerprint density at radius 3 is 2.57 bits per heavy atom. The van der Waals surface area contributed by atoms with Crippen LogP contribution in [0.15, 0.2) is 18.2 Å². The number of hydrogen-bond donors (Lipinski definition) is 3. The van der Waals surface area contributed by atoms with Crippen LogP contribution in [0.25, 0.3) is 0 Å². The Labute approximate surface area is 121 Å². The molecule has 0 saturated heterocycles. The fourth-order valence-electron chi connectivity index (χ4n) is 1.73. The lowest BCUT2D eigenvalue weighted by Crippen LogP contribution is -2.41. The Hall–Kier alpha value is -2.57. The van der Waals surface area contributed by atoms with Crippen molar-refractivity contribution >= 4 is 17.8 Å². The number of esters is 1. The third-order valence-corrected chi connectivity index (χ3v) is 3.02. The molecule has 0 aliphatic carbocycles. The smallest absolute Gasteiger partial charge is 0.326 e. The fourth-order valence-corrected chi connectivity index (χ4v) is 1.73. The van der Waals surface area contributed by atoms with E-state index in [0.717, 1.165) is 0 Å². The van der Waals surface area contributed by atoms with Crippen LogP contribution in [-0.2, 0) is 14.3 Å². The SMILES string of the molecule is COC(=O)CCC(NC(=O)c1cccc(O)c1C)C(=O)O. The lowest BCUT2D eigenvalue weighted by atomic mass is 10.1. The normalized spacial score (nSPS) is 11.5. The lowest BCUT2D eigenvalue weighted by molar-refractivity contribution is -0.142. The number of carboxylic acids is 1. The lowest BCUT2D eigenvalue weighted by Gasteiger charge is -2.15. The second kappa shape index (κ2) is 7.28. The summed E-state index contributed by atoms with van der Waals surface area (Å²) in [6.45, 7) is 1.55. The summed E-state index contributed by atoms with van der Waals surface area (Å²) in [6, 6.07) is 3.18. The Bertz CT molecular complexity index is 554. The number of phenols is 1. The van der Waals surface area contributed by atoms with Gasteiger partial charge in [-0.05, 0) is 25.5 Å². The monoisotopic (exact) mass is 295 g/mol. The van der Waals surface area contributed by atoms with Gasteiger partial charge < -0.3 is 20.3 Å². The van der Waals surface area contributed by atoms with Gasteiger partial charge in [-0.2, -0.15) is 0 Å². The second-order valence-corrected chi connectivity index (χ2v) is 4.43. The van der Waals surface area contributed by atoms with Crippen molar-refractivity contribution in [2.45, 2.75) is 25.8 Å². The third kappa shape index (κ3) is 4.48. The number of aromatic hydroxyl groups is 1. The van der Waals surface area contributed by atoms with Gasteiger partial charge in [0.25, 0.3) is 5.91 Å². The van der Waals surface area contributed by atoms with Gasteiger partial charge in [0.15, 0.2) is 0 Å². The summed E-state index contributed by atoms with van der Waals surface area (Å²) in [4.78, 5) is 34.2. The van der Waals surface area contributed by atoms with Crippen LogP contribution in [0.1, 0.15) is 28.8 Å². The standard InChI is InChI=1S/C14H17NO6/c1-8-9(4-3-5-11(8)16)13(18)15-10(14(19)20)6-7-12(17)21-2/h3-5,10,16H,6-7H2,1-2H3,(H,15,18)(H,19,20). The summed E-state index contributed by atoms with van der Waals surface area (Å²) >= 11 is 0. The molecule has 1 unspecified atom stereocenters. The molecule has 0 heterocycles. The molecular formula is C14H17NO6. The first-order valence-electron chi connectivity index (χ1n) is 6.26. The summed E-state index contributed by atoms with van der Waals surface area (Å²) < 4.78 is 4.43. The van der Waals surface area contributed by atoms with E-state index in [9.17, 15) is 19.5 Å². The molecule has 1 rings (SSSR count). The average Bonchev–Trinajstić information content (AvgIpc) is 2.45. The molecule has 7 nitrogen and oxygen atoms in total. The summed E-state index contributed by atoms with van der Waals surface area (Å²) in [5.41, 5.74) is 0.534. The maximum Gasteiger partial charge on any atom is 0.326 e. The zero-order chi connectivity index (χ0) is 16.0. The number of rotatable bonds is 6. The van der Waals surface area contributed by atoms with E-state index in [1.54, 1.807) is 6.92 Å². The van der Waals surface area contributed by atoms with E-state index in [0.29, 0.717) is 5.56 Å². The zero-order valence-electron chi connectivity index (χ0n) is 11.8.